The van der Waals surface area contributed by atoms with Crippen LogP contribution < -0.4 is 9.64 Å². The normalized spacial score (nSPS) is 13.0. The molecule has 0 bridgehead atoms. The van der Waals surface area contributed by atoms with E-state index in [2.05, 4.69) is 9.17 Å². The summed E-state index contributed by atoms with van der Waals surface area (Å²) in [5.41, 5.74) is 1.83. The van der Waals surface area contributed by atoms with Gasteiger partial charge in [0.05, 0.1) is 23.1 Å². The third-order valence-electron chi connectivity index (χ3n) is 4.45. The fourth-order valence-electron chi connectivity index (χ4n) is 2.82. The van der Waals surface area contributed by atoms with Crippen molar-refractivity contribution in [3.63, 3.8) is 0 Å². The molecule has 0 spiro atoms. The number of aromatic nitrogens is 1. The molecular formula is C23H28N2O7S2. The highest BCUT2D eigenvalue weighted by molar-refractivity contribution is 7.85. The van der Waals surface area contributed by atoms with Gasteiger partial charge in [0.15, 0.2) is 0 Å². The van der Waals surface area contributed by atoms with Gasteiger partial charge >= 0.3 is 6.09 Å². The molecule has 0 aliphatic carbocycles. The van der Waals surface area contributed by atoms with Crippen LogP contribution in [0, 0.1) is 0 Å². The van der Waals surface area contributed by atoms with Crippen LogP contribution in [0.3, 0.4) is 0 Å². The minimum atomic E-state index is -3.62. The monoisotopic (exact) mass is 508 g/mol. The van der Waals surface area contributed by atoms with E-state index in [1.165, 1.54) is 16.2 Å². The second-order valence-electron chi connectivity index (χ2n) is 8.69. The smallest absolute Gasteiger partial charge is 0.414 e. The van der Waals surface area contributed by atoms with E-state index in [0.29, 0.717) is 11.4 Å². The van der Waals surface area contributed by atoms with Crippen molar-refractivity contribution in [3.05, 3.63) is 42.5 Å². The number of hydrogen-bond acceptors (Lipinski definition) is 9. The molecule has 0 saturated carbocycles. The lowest BCUT2D eigenvalue weighted by atomic mass is 10.2. The molecule has 1 N–H and O–H groups in total. The summed E-state index contributed by atoms with van der Waals surface area (Å²) in [7, 11) is -1.96. The maximum Gasteiger partial charge on any atom is 0.414 e. The number of benzene rings is 2. The van der Waals surface area contributed by atoms with E-state index < -0.39 is 27.9 Å². The zero-order valence-corrected chi connectivity index (χ0v) is 21.3. The number of carbonyl (C=O) groups excluding carboxylic acids is 1. The zero-order valence-electron chi connectivity index (χ0n) is 19.6. The molecule has 0 radical (unpaired) electrons. The van der Waals surface area contributed by atoms with E-state index in [9.17, 15) is 18.3 Å². The molecule has 1 atom stereocenters. The molecule has 184 valence electrons. The Morgan fingerprint density at radius 1 is 1.15 bits per heavy atom. The van der Waals surface area contributed by atoms with Gasteiger partial charge in [-0.3, -0.25) is 9.08 Å². The van der Waals surface area contributed by atoms with Crippen LogP contribution in [0.4, 0.5) is 10.5 Å². The van der Waals surface area contributed by atoms with Crippen molar-refractivity contribution in [3.8, 4) is 16.3 Å². The zero-order chi connectivity index (χ0) is 25.1. The predicted octanol–water partition coefficient (Wildman–Crippen LogP) is 4.05. The second kappa shape index (κ2) is 10.3. The van der Waals surface area contributed by atoms with Crippen molar-refractivity contribution in [2.75, 3.05) is 31.4 Å². The first-order chi connectivity index (χ1) is 15.8. The van der Waals surface area contributed by atoms with Gasteiger partial charge in [0.25, 0.3) is 10.1 Å². The van der Waals surface area contributed by atoms with Crippen LogP contribution in [0.2, 0.25) is 0 Å². The van der Waals surface area contributed by atoms with E-state index in [1.807, 2.05) is 57.2 Å². The van der Waals surface area contributed by atoms with Gasteiger partial charge in [-0.25, -0.2) is 9.78 Å². The molecule has 0 aliphatic heterocycles. The molecule has 3 rings (SSSR count). The maximum atomic E-state index is 12.3. The quantitative estimate of drug-likeness (QED) is 0.453. The standard InChI is InChI=1S/C23H28N2O7S2/c1-23(2,3)32-22(27)25(4)16-8-6-15(7-9-16)21-24-19-11-10-18(12-20(19)33-21)30-13-17(26)14-31-34(5,28)29/h6-12,17,26H,13-14H2,1-5H3/t17-/m1/s1. The summed E-state index contributed by atoms with van der Waals surface area (Å²) in [6.45, 7) is 4.98. The van der Waals surface area contributed by atoms with Crippen molar-refractivity contribution in [1.29, 1.82) is 0 Å². The second-order valence-corrected chi connectivity index (χ2v) is 11.4. The average Bonchev–Trinajstić information content (AvgIpc) is 3.17. The van der Waals surface area contributed by atoms with Crippen LogP contribution in [0.15, 0.2) is 42.5 Å². The molecule has 0 aliphatic rings. The summed E-state index contributed by atoms with van der Waals surface area (Å²) >= 11 is 1.48. The van der Waals surface area contributed by atoms with E-state index >= 15 is 0 Å². The van der Waals surface area contributed by atoms with Gasteiger partial charge in [0, 0.05) is 18.3 Å². The van der Waals surface area contributed by atoms with Crippen LogP contribution in [-0.2, 0) is 19.0 Å². The molecule has 0 saturated heterocycles. The van der Waals surface area contributed by atoms with Crippen LogP contribution >= 0.6 is 11.3 Å². The fraction of sp³-hybridized carbons (Fsp3) is 0.391. The highest BCUT2D eigenvalue weighted by Gasteiger charge is 2.20. The number of thiazole rings is 1. The molecule has 1 heterocycles. The summed E-state index contributed by atoms with van der Waals surface area (Å²) in [4.78, 5) is 18.4. The first-order valence-corrected chi connectivity index (χ1v) is 13.1. The van der Waals surface area contributed by atoms with Gasteiger partial charge in [-0.2, -0.15) is 8.42 Å². The Morgan fingerprint density at radius 3 is 2.44 bits per heavy atom. The first-order valence-electron chi connectivity index (χ1n) is 10.4. The number of ether oxygens (including phenoxy) is 2. The first kappa shape index (κ1) is 25.9. The molecule has 0 unspecified atom stereocenters. The number of nitrogens with zero attached hydrogens (tertiary/aromatic N) is 2. The van der Waals surface area contributed by atoms with Crippen molar-refractivity contribution < 1.29 is 32.0 Å². The van der Waals surface area contributed by atoms with Gasteiger partial charge in [0.1, 0.15) is 29.1 Å². The lowest BCUT2D eigenvalue weighted by Crippen LogP contribution is -2.34. The number of fused-ring (bicyclic) bond motifs is 1. The number of amides is 1. The summed E-state index contributed by atoms with van der Waals surface area (Å²) < 4.78 is 38.4. The number of carbonyl (C=O) groups is 1. The van der Waals surface area contributed by atoms with Crippen molar-refractivity contribution in [2.45, 2.75) is 32.5 Å². The lowest BCUT2D eigenvalue weighted by Gasteiger charge is -2.24. The molecule has 11 heteroatoms. The minimum Gasteiger partial charge on any atom is -0.491 e. The van der Waals surface area contributed by atoms with E-state index in [0.717, 1.165) is 27.0 Å². The minimum absolute atomic E-state index is 0.112. The summed E-state index contributed by atoms with van der Waals surface area (Å²) in [5.74, 6) is 0.524. The summed E-state index contributed by atoms with van der Waals surface area (Å²) in [6.07, 6.45) is -0.594. The molecule has 1 amide bonds. The van der Waals surface area contributed by atoms with E-state index in [4.69, 9.17) is 9.47 Å². The largest absolute Gasteiger partial charge is 0.491 e. The Bertz CT molecular complexity index is 1250. The van der Waals surface area contributed by atoms with Crippen molar-refractivity contribution in [2.24, 2.45) is 0 Å². The predicted molar refractivity (Wildman–Crippen MR) is 132 cm³/mol. The third kappa shape index (κ3) is 7.39. The third-order valence-corrected chi connectivity index (χ3v) is 6.08. The molecule has 0 fully saturated rings. The lowest BCUT2D eigenvalue weighted by molar-refractivity contribution is 0.0589. The molecule has 3 aromatic rings. The molecule has 2 aromatic carbocycles. The Kier molecular flexibility index (Phi) is 7.81. The molecule has 1 aromatic heterocycles. The van der Waals surface area contributed by atoms with Crippen LogP contribution in [-0.4, -0.2) is 62.8 Å². The average molecular weight is 509 g/mol. The van der Waals surface area contributed by atoms with E-state index in [1.54, 1.807) is 13.1 Å². The molecule has 34 heavy (non-hydrogen) atoms. The maximum absolute atomic E-state index is 12.3. The summed E-state index contributed by atoms with van der Waals surface area (Å²) in [5, 5.41) is 10.6. The SMILES string of the molecule is CN(C(=O)OC(C)(C)C)c1ccc(-c2nc3ccc(OC[C@@H](O)COS(C)(=O)=O)cc3s2)cc1. The van der Waals surface area contributed by atoms with Gasteiger partial charge in [-0.05, 0) is 63.2 Å². The number of anilines is 1. The van der Waals surface area contributed by atoms with Gasteiger partial charge in [-0.1, -0.05) is 0 Å². The highest BCUT2D eigenvalue weighted by atomic mass is 32.2. The fourth-order valence-corrected chi connectivity index (χ4v) is 4.23. The van der Waals surface area contributed by atoms with E-state index in [-0.39, 0.29) is 13.2 Å². The number of hydrogen-bond donors (Lipinski definition) is 1. The van der Waals surface area contributed by atoms with Crippen LogP contribution in [0.25, 0.3) is 20.8 Å². The molecule has 9 nitrogen and oxygen atoms in total. The number of aliphatic hydroxyl groups excluding tert-OH is 1. The summed E-state index contributed by atoms with van der Waals surface area (Å²) in [6, 6.07) is 12.8. The van der Waals surface area contributed by atoms with Crippen molar-refractivity contribution >= 4 is 43.5 Å². The Hall–Kier alpha value is -2.73. The van der Waals surface area contributed by atoms with Gasteiger partial charge in [0.2, 0.25) is 0 Å². The van der Waals surface area contributed by atoms with Crippen molar-refractivity contribution in [1.82, 2.24) is 4.98 Å². The molecular weight excluding hydrogens is 480 g/mol. The Labute approximate surface area is 203 Å². The topological polar surface area (TPSA) is 115 Å². The van der Waals surface area contributed by atoms with Crippen LogP contribution in [0.5, 0.6) is 5.75 Å². The number of rotatable bonds is 8. The Morgan fingerprint density at radius 2 is 1.82 bits per heavy atom. The highest BCUT2D eigenvalue weighted by Crippen LogP contribution is 2.33. The number of aliphatic hydroxyl groups is 1. The van der Waals surface area contributed by atoms with Gasteiger partial charge < -0.3 is 14.6 Å². The Balaban J connectivity index is 1.67. The van der Waals surface area contributed by atoms with Gasteiger partial charge in [-0.15, -0.1) is 11.3 Å². The van der Waals surface area contributed by atoms with Crippen LogP contribution in [0.1, 0.15) is 20.8 Å².